The number of amides is 1. The highest BCUT2D eigenvalue weighted by molar-refractivity contribution is 7.16. The van der Waals surface area contributed by atoms with Crippen LogP contribution in [0.3, 0.4) is 0 Å². The van der Waals surface area contributed by atoms with Crippen molar-refractivity contribution in [1.29, 1.82) is 0 Å². The van der Waals surface area contributed by atoms with Crippen molar-refractivity contribution in [3.63, 3.8) is 0 Å². The molecule has 6 heteroatoms. The fourth-order valence-corrected chi connectivity index (χ4v) is 4.05. The Labute approximate surface area is 167 Å². The predicted molar refractivity (Wildman–Crippen MR) is 112 cm³/mol. The van der Waals surface area contributed by atoms with Crippen LogP contribution >= 0.6 is 22.9 Å². The van der Waals surface area contributed by atoms with E-state index in [4.69, 9.17) is 16.3 Å². The minimum Gasteiger partial charge on any atom is -0.494 e. The van der Waals surface area contributed by atoms with Crippen LogP contribution in [0.5, 0.6) is 5.75 Å². The number of ether oxygens (including phenoxy) is 1. The van der Waals surface area contributed by atoms with E-state index in [1.807, 2.05) is 22.8 Å². The van der Waals surface area contributed by atoms with Crippen LogP contribution in [0.2, 0.25) is 5.02 Å². The lowest BCUT2D eigenvalue weighted by molar-refractivity contribution is 0.0998. The largest absolute Gasteiger partial charge is 0.494 e. The monoisotopic (exact) mass is 400 g/mol. The first-order valence-electron chi connectivity index (χ1n) is 8.84. The van der Waals surface area contributed by atoms with Gasteiger partial charge in [-0.15, -0.1) is 6.58 Å². The quantitative estimate of drug-likeness (QED) is 0.390. The molecule has 1 heterocycles. The van der Waals surface area contributed by atoms with Gasteiger partial charge in [-0.05, 0) is 42.8 Å². The molecule has 1 amide bonds. The molecular weight excluding hydrogens is 380 g/mol. The van der Waals surface area contributed by atoms with E-state index in [9.17, 15) is 4.79 Å². The van der Waals surface area contributed by atoms with Gasteiger partial charge >= 0.3 is 0 Å². The number of carbonyl (C=O) groups is 1. The van der Waals surface area contributed by atoms with Gasteiger partial charge in [0.05, 0.1) is 21.8 Å². The molecule has 0 bridgehead atoms. The zero-order chi connectivity index (χ0) is 19.2. The Balaban J connectivity index is 1.92. The first-order valence-corrected chi connectivity index (χ1v) is 10.0. The first kappa shape index (κ1) is 19.4. The van der Waals surface area contributed by atoms with Crippen molar-refractivity contribution in [2.75, 3.05) is 6.61 Å². The number of allylic oxidation sites excluding steroid dienone is 1. The lowest BCUT2D eigenvalue weighted by atomic mass is 10.2. The van der Waals surface area contributed by atoms with Crippen molar-refractivity contribution in [3.05, 3.63) is 70.5 Å². The topological polar surface area (TPSA) is 43.6 Å². The minimum absolute atomic E-state index is 0.296. The van der Waals surface area contributed by atoms with Crippen LogP contribution in [-0.2, 0) is 6.54 Å². The van der Waals surface area contributed by atoms with Crippen molar-refractivity contribution in [2.45, 2.75) is 26.3 Å². The summed E-state index contributed by atoms with van der Waals surface area (Å²) in [5, 5.41) is 0.632. The molecule has 0 saturated heterocycles. The number of hydrogen-bond donors (Lipinski definition) is 0. The van der Waals surface area contributed by atoms with Crippen LogP contribution in [0.1, 0.15) is 30.1 Å². The van der Waals surface area contributed by atoms with Gasteiger partial charge in [-0.1, -0.05) is 48.4 Å². The number of fused-ring (bicyclic) bond motifs is 1. The Morgan fingerprint density at radius 2 is 2.07 bits per heavy atom. The van der Waals surface area contributed by atoms with Crippen LogP contribution in [-0.4, -0.2) is 17.1 Å². The van der Waals surface area contributed by atoms with Crippen LogP contribution < -0.4 is 9.54 Å². The first-order chi connectivity index (χ1) is 13.1. The van der Waals surface area contributed by atoms with Gasteiger partial charge in [0.1, 0.15) is 5.75 Å². The number of para-hydroxylation sites is 1. The molecule has 27 heavy (non-hydrogen) atoms. The normalized spacial score (nSPS) is 11.7. The third-order valence-corrected chi connectivity index (χ3v) is 5.38. The Kier molecular flexibility index (Phi) is 6.48. The van der Waals surface area contributed by atoms with Crippen molar-refractivity contribution in [3.8, 4) is 5.75 Å². The number of carbonyl (C=O) groups excluding carboxylic acids is 1. The average Bonchev–Trinajstić information content (AvgIpc) is 3.01. The zero-order valence-corrected chi connectivity index (χ0v) is 16.7. The van der Waals surface area contributed by atoms with Crippen molar-refractivity contribution < 1.29 is 9.53 Å². The smallest absolute Gasteiger partial charge is 0.279 e. The number of aromatic nitrogens is 1. The number of thiazole rings is 1. The molecule has 2 aromatic carbocycles. The molecule has 0 aliphatic rings. The predicted octanol–water partition coefficient (Wildman–Crippen LogP) is 5.46. The highest BCUT2D eigenvalue weighted by atomic mass is 35.5. The van der Waals surface area contributed by atoms with Crippen LogP contribution in [0.25, 0.3) is 10.2 Å². The van der Waals surface area contributed by atoms with Crippen molar-refractivity contribution >= 4 is 39.1 Å². The van der Waals surface area contributed by atoms with Gasteiger partial charge in [0.15, 0.2) is 4.80 Å². The number of benzene rings is 2. The number of unbranched alkanes of at least 4 members (excludes halogenated alkanes) is 1. The summed E-state index contributed by atoms with van der Waals surface area (Å²) in [4.78, 5) is 17.6. The third-order valence-electron chi connectivity index (χ3n) is 4.03. The van der Waals surface area contributed by atoms with Gasteiger partial charge in [-0.25, -0.2) is 0 Å². The summed E-state index contributed by atoms with van der Waals surface area (Å²) in [7, 11) is 0. The molecule has 0 unspecified atom stereocenters. The maximum absolute atomic E-state index is 12.6. The van der Waals surface area contributed by atoms with Gasteiger partial charge in [-0.3, -0.25) is 4.79 Å². The molecule has 0 atom stereocenters. The maximum Gasteiger partial charge on any atom is 0.279 e. The summed E-state index contributed by atoms with van der Waals surface area (Å²) in [5.74, 6) is 0.464. The molecular formula is C21H21ClN2O2S. The van der Waals surface area contributed by atoms with Crippen molar-refractivity contribution in [2.24, 2.45) is 4.99 Å². The van der Waals surface area contributed by atoms with Gasteiger partial charge in [0.25, 0.3) is 5.91 Å². The fourth-order valence-electron chi connectivity index (χ4n) is 2.65. The Morgan fingerprint density at radius 1 is 1.30 bits per heavy atom. The molecule has 3 rings (SSSR count). The molecule has 1 aromatic heterocycles. The fraction of sp³-hybridized carbons (Fsp3) is 0.238. The lowest BCUT2D eigenvalue weighted by Crippen LogP contribution is -2.16. The molecule has 0 N–H and O–H groups in total. The Hall–Kier alpha value is -2.37. The van der Waals surface area contributed by atoms with E-state index in [2.05, 4.69) is 18.5 Å². The molecule has 0 fully saturated rings. The Morgan fingerprint density at radius 3 is 2.78 bits per heavy atom. The van der Waals surface area contributed by atoms with Gasteiger partial charge in [-0.2, -0.15) is 4.99 Å². The number of nitrogens with zero attached hydrogens (tertiary/aromatic N) is 2. The number of rotatable bonds is 7. The van der Waals surface area contributed by atoms with Gasteiger partial charge in [0.2, 0.25) is 0 Å². The van der Waals surface area contributed by atoms with E-state index < -0.39 is 0 Å². The summed E-state index contributed by atoms with van der Waals surface area (Å²) in [6.45, 7) is 7.12. The SMILES string of the molecule is C=CCn1c(=NC(=O)c2ccc(OCCCC)cc2)sc2cccc(Cl)c21. The molecule has 0 spiro atoms. The standard InChI is InChI=1S/C21H21ClN2O2S/c1-3-5-14-26-16-11-9-15(10-12-16)20(25)23-21-24(13-4-2)19-17(22)7-6-8-18(19)27-21/h4,6-12H,2-3,5,13-14H2,1H3. The van der Waals surface area contributed by atoms with Gasteiger partial charge in [0, 0.05) is 12.1 Å². The second-order valence-corrected chi connectivity index (χ2v) is 7.43. The molecule has 0 aliphatic carbocycles. The summed E-state index contributed by atoms with van der Waals surface area (Å²) in [6.07, 6.45) is 3.86. The van der Waals surface area contributed by atoms with E-state index in [-0.39, 0.29) is 5.91 Å². The molecule has 140 valence electrons. The minimum atomic E-state index is -0.296. The lowest BCUT2D eigenvalue weighted by Gasteiger charge is -2.05. The molecule has 3 aromatic rings. The summed E-state index contributed by atoms with van der Waals surface area (Å²) >= 11 is 7.78. The molecule has 0 aliphatic heterocycles. The van der Waals surface area contributed by atoms with E-state index in [0.717, 1.165) is 28.8 Å². The molecule has 0 radical (unpaired) electrons. The summed E-state index contributed by atoms with van der Waals surface area (Å²) < 4.78 is 8.53. The van der Waals surface area contributed by atoms with Crippen LogP contribution in [0.15, 0.2) is 60.1 Å². The van der Waals surface area contributed by atoms with Crippen LogP contribution in [0.4, 0.5) is 0 Å². The van der Waals surface area contributed by atoms with Crippen molar-refractivity contribution in [1.82, 2.24) is 4.57 Å². The molecule has 4 nitrogen and oxygen atoms in total. The molecule has 0 saturated carbocycles. The second kappa shape index (κ2) is 9.02. The number of hydrogen-bond acceptors (Lipinski definition) is 3. The third kappa shape index (κ3) is 4.49. The Bertz CT molecular complexity index is 1020. The average molecular weight is 401 g/mol. The highest BCUT2D eigenvalue weighted by Crippen LogP contribution is 2.25. The summed E-state index contributed by atoms with van der Waals surface area (Å²) in [5.41, 5.74) is 1.39. The second-order valence-electron chi connectivity index (χ2n) is 6.01. The van der Waals surface area contributed by atoms with E-state index in [0.29, 0.717) is 28.5 Å². The van der Waals surface area contributed by atoms with E-state index in [1.54, 1.807) is 30.3 Å². The maximum atomic E-state index is 12.6. The van der Waals surface area contributed by atoms with Gasteiger partial charge < -0.3 is 9.30 Å². The van der Waals surface area contributed by atoms with E-state index in [1.165, 1.54) is 11.3 Å². The number of halogens is 1. The summed E-state index contributed by atoms with van der Waals surface area (Å²) in [6, 6.07) is 12.8. The highest BCUT2D eigenvalue weighted by Gasteiger charge is 2.11. The zero-order valence-electron chi connectivity index (χ0n) is 15.2. The van der Waals surface area contributed by atoms with E-state index >= 15 is 0 Å². The van der Waals surface area contributed by atoms with Crippen LogP contribution in [0, 0.1) is 0 Å².